The van der Waals surface area contributed by atoms with Crippen molar-refractivity contribution in [2.75, 3.05) is 13.1 Å². The van der Waals surface area contributed by atoms with Gasteiger partial charge in [0.05, 0.1) is 0 Å². The van der Waals surface area contributed by atoms with E-state index in [0.717, 1.165) is 19.3 Å². The van der Waals surface area contributed by atoms with Crippen molar-refractivity contribution < 1.29 is 9.59 Å². The van der Waals surface area contributed by atoms with Crippen molar-refractivity contribution in [2.24, 2.45) is 11.7 Å². The average molecular weight is 303 g/mol. The van der Waals surface area contributed by atoms with E-state index in [9.17, 15) is 9.59 Å². The molecule has 0 aliphatic heterocycles. The van der Waals surface area contributed by atoms with Crippen molar-refractivity contribution in [1.82, 2.24) is 10.6 Å². The molecule has 1 fully saturated rings. The Bertz CT molecular complexity index is 490. The summed E-state index contributed by atoms with van der Waals surface area (Å²) in [6.07, 6.45) is 4.35. The Balaban J connectivity index is 1.62. The predicted molar refractivity (Wildman–Crippen MR) is 86.3 cm³/mol. The Morgan fingerprint density at radius 3 is 2.68 bits per heavy atom. The summed E-state index contributed by atoms with van der Waals surface area (Å²) in [5.74, 6) is 0.376. The molecule has 2 rings (SSSR count). The number of amides is 2. The Morgan fingerprint density at radius 1 is 1.18 bits per heavy atom. The second kappa shape index (κ2) is 8.54. The molecule has 1 aliphatic carbocycles. The van der Waals surface area contributed by atoms with Crippen molar-refractivity contribution >= 4 is 11.8 Å². The molecular weight excluding hydrogens is 278 g/mol. The molecule has 2 unspecified atom stereocenters. The van der Waals surface area contributed by atoms with E-state index >= 15 is 0 Å². The third kappa shape index (κ3) is 4.84. The topological polar surface area (TPSA) is 84.2 Å². The summed E-state index contributed by atoms with van der Waals surface area (Å²) in [6, 6.07) is 9.31. The molecule has 0 bridgehead atoms. The molecule has 0 heterocycles. The van der Waals surface area contributed by atoms with Gasteiger partial charge in [-0.3, -0.25) is 9.59 Å². The lowest BCUT2D eigenvalue weighted by atomic mass is 10.0. The van der Waals surface area contributed by atoms with Crippen LogP contribution in [0.5, 0.6) is 0 Å². The van der Waals surface area contributed by atoms with Crippen LogP contribution in [0.2, 0.25) is 0 Å². The molecule has 1 saturated carbocycles. The van der Waals surface area contributed by atoms with Crippen LogP contribution in [-0.4, -0.2) is 30.9 Å². The molecule has 1 aromatic carbocycles. The molecule has 1 aromatic rings. The molecule has 0 aromatic heterocycles. The van der Waals surface area contributed by atoms with E-state index in [2.05, 4.69) is 10.6 Å². The van der Waals surface area contributed by atoms with Gasteiger partial charge in [0.1, 0.15) is 0 Å². The lowest BCUT2D eigenvalue weighted by Crippen LogP contribution is -2.40. The van der Waals surface area contributed by atoms with Gasteiger partial charge in [-0.1, -0.05) is 24.6 Å². The average Bonchev–Trinajstić information content (AvgIpc) is 2.99. The molecule has 2 atom stereocenters. The molecule has 2 amide bonds. The molecule has 1 aliphatic rings. The number of benzene rings is 1. The van der Waals surface area contributed by atoms with Gasteiger partial charge >= 0.3 is 0 Å². The van der Waals surface area contributed by atoms with Crippen molar-refractivity contribution in [2.45, 2.75) is 38.1 Å². The van der Waals surface area contributed by atoms with Crippen LogP contribution in [0.4, 0.5) is 0 Å². The first-order valence-corrected chi connectivity index (χ1v) is 8.03. The molecule has 0 spiro atoms. The van der Waals surface area contributed by atoms with Gasteiger partial charge in [-0.05, 0) is 43.9 Å². The van der Waals surface area contributed by atoms with E-state index in [1.54, 1.807) is 12.1 Å². The second-order valence-corrected chi connectivity index (χ2v) is 5.83. The minimum atomic E-state index is -0.0972. The Morgan fingerprint density at radius 2 is 1.95 bits per heavy atom. The minimum Gasteiger partial charge on any atom is -0.353 e. The van der Waals surface area contributed by atoms with E-state index in [1.807, 2.05) is 18.2 Å². The number of hydrogen-bond acceptors (Lipinski definition) is 3. The molecule has 5 nitrogen and oxygen atoms in total. The minimum absolute atomic E-state index is 0.0549. The summed E-state index contributed by atoms with van der Waals surface area (Å²) in [5.41, 5.74) is 6.35. The fraction of sp³-hybridized carbons (Fsp3) is 0.529. The van der Waals surface area contributed by atoms with E-state index in [4.69, 9.17) is 5.73 Å². The summed E-state index contributed by atoms with van der Waals surface area (Å²) < 4.78 is 0. The highest BCUT2D eigenvalue weighted by Gasteiger charge is 2.26. The summed E-state index contributed by atoms with van der Waals surface area (Å²) in [5, 5.41) is 5.90. The molecular formula is C17H25N3O2. The Labute approximate surface area is 131 Å². The van der Waals surface area contributed by atoms with Gasteiger partial charge in [-0.2, -0.15) is 0 Å². The number of hydrogen-bond donors (Lipinski definition) is 3. The van der Waals surface area contributed by atoms with E-state index < -0.39 is 0 Å². The summed E-state index contributed by atoms with van der Waals surface area (Å²) in [7, 11) is 0. The first-order chi connectivity index (χ1) is 10.7. The standard InChI is InChI=1S/C17H25N3O2/c18-12-14-8-4-9-15(14)20-16(21)10-5-11-19-17(22)13-6-2-1-3-7-13/h1-3,6-7,14-15H,4-5,8-12,18H2,(H,19,22)(H,20,21). The molecule has 120 valence electrons. The SMILES string of the molecule is NCC1CCCC1NC(=O)CCCNC(=O)c1ccccc1. The van der Waals surface area contributed by atoms with Crippen LogP contribution in [0.1, 0.15) is 42.5 Å². The van der Waals surface area contributed by atoms with Crippen LogP contribution in [0.25, 0.3) is 0 Å². The summed E-state index contributed by atoms with van der Waals surface area (Å²) in [6.45, 7) is 1.14. The van der Waals surface area contributed by atoms with Crippen LogP contribution in [0, 0.1) is 5.92 Å². The number of rotatable bonds is 7. The lowest BCUT2D eigenvalue weighted by Gasteiger charge is -2.19. The summed E-state index contributed by atoms with van der Waals surface area (Å²) in [4.78, 5) is 23.7. The summed E-state index contributed by atoms with van der Waals surface area (Å²) >= 11 is 0. The van der Waals surface area contributed by atoms with Gasteiger partial charge in [-0.15, -0.1) is 0 Å². The monoisotopic (exact) mass is 303 g/mol. The van der Waals surface area contributed by atoms with Crippen LogP contribution >= 0.6 is 0 Å². The van der Waals surface area contributed by atoms with Gasteiger partial charge in [-0.25, -0.2) is 0 Å². The van der Waals surface area contributed by atoms with E-state index in [1.165, 1.54) is 0 Å². The zero-order valence-electron chi connectivity index (χ0n) is 12.9. The molecule has 5 heteroatoms. The number of nitrogens with two attached hydrogens (primary N) is 1. The third-order valence-electron chi connectivity index (χ3n) is 4.21. The zero-order chi connectivity index (χ0) is 15.8. The second-order valence-electron chi connectivity index (χ2n) is 5.83. The highest BCUT2D eigenvalue weighted by Crippen LogP contribution is 2.24. The maximum atomic E-state index is 11.9. The smallest absolute Gasteiger partial charge is 0.251 e. The molecule has 0 radical (unpaired) electrons. The first-order valence-electron chi connectivity index (χ1n) is 8.03. The van der Waals surface area contributed by atoms with Gasteiger partial charge < -0.3 is 16.4 Å². The third-order valence-corrected chi connectivity index (χ3v) is 4.21. The van der Waals surface area contributed by atoms with Crippen LogP contribution in [-0.2, 0) is 4.79 Å². The quantitative estimate of drug-likeness (QED) is 0.666. The van der Waals surface area contributed by atoms with Gasteiger partial charge in [0.15, 0.2) is 0 Å². The predicted octanol–water partition coefficient (Wildman–Crippen LogP) is 1.44. The van der Waals surface area contributed by atoms with Crippen molar-refractivity contribution in [1.29, 1.82) is 0 Å². The highest BCUT2D eigenvalue weighted by molar-refractivity contribution is 5.94. The number of carbonyl (C=O) groups excluding carboxylic acids is 2. The fourth-order valence-electron chi connectivity index (χ4n) is 2.93. The maximum absolute atomic E-state index is 11.9. The van der Waals surface area contributed by atoms with Crippen LogP contribution < -0.4 is 16.4 Å². The first kappa shape index (κ1) is 16.5. The maximum Gasteiger partial charge on any atom is 0.251 e. The van der Waals surface area contributed by atoms with Crippen LogP contribution in [0.3, 0.4) is 0 Å². The largest absolute Gasteiger partial charge is 0.353 e. The Hall–Kier alpha value is -1.88. The van der Waals surface area contributed by atoms with Crippen molar-refractivity contribution in [3.8, 4) is 0 Å². The van der Waals surface area contributed by atoms with E-state index in [-0.39, 0.29) is 17.9 Å². The molecule has 22 heavy (non-hydrogen) atoms. The fourth-order valence-corrected chi connectivity index (χ4v) is 2.93. The zero-order valence-corrected chi connectivity index (χ0v) is 12.9. The van der Waals surface area contributed by atoms with E-state index in [0.29, 0.717) is 37.4 Å². The lowest BCUT2D eigenvalue weighted by molar-refractivity contribution is -0.122. The van der Waals surface area contributed by atoms with Crippen LogP contribution in [0.15, 0.2) is 30.3 Å². The van der Waals surface area contributed by atoms with Gasteiger partial charge in [0.25, 0.3) is 5.91 Å². The number of carbonyl (C=O) groups is 2. The normalized spacial score (nSPS) is 20.6. The van der Waals surface area contributed by atoms with Gasteiger partial charge in [0, 0.05) is 24.6 Å². The molecule has 0 saturated heterocycles. The van der Waals surface area contributed by atoms with Gasteiger partial charge in [0.2, 0.25) is 5.91 Å². The highest BCUT2D eigenvalue weighted by atomic mass is 16.2. The molecule has 4 N–H and O–H groups in total. The van der Waals surface area contributed by atoms with Crippen molar-refractivity contribution in [3.05, 3.63) is 35.9 Å². The Kier molecular flexibility index (Phi) is 6.40. The van der Waals surface area contributed by atoms with Crippen molar-refractivity contribution in [3.63, 3.8) is 0 Å². The number of nitrogens with one attached hydrogen (secondary N) is 2.